The molecule has 1 unspecified atom stereocenters. The quantitative estimate of drug-likeness (QED) is 0.804. The highest BCUT2D eigenvalue weighted by Crippen LogP contribution is 2.32. The standard InChI is InChI=1S/C18H20ClN3O/c1-13-15(18(19)21(2)20-13)10-11-17(23)22-12-6-9-16(22)14-7-4-3-5-8-14/h3-5,7-8,10-11,16H,6,9,12H2,1-2H3/b11-10+. The van der Waals surface area contributed by atoms with Crippen LogP contribution in [0.1, 0.15) is 35.7 Å². The number of likely N-dealkylation sites (tertiary alicyclic amines) is 1. The summed E-state index contributed by atoms with van der Waals surface area (Å²) in [6.07, 6.45) is 5.42. The van der Waals surface area contributed by atoms with Gasteiger partial charge in [-0.2, -0.15) is 5.10 Å². The first-order valence-electron chi connectivity index (χ1n) is 7.80. The van der Waals surface area contributed by atoms with E-state index in [1.54, 1.807) is 23.9 Å². The van der Waals surface area contributed by atoms with E-state index in [1.807, 2.05) is 30.0 Å². The number of rotatable bonds is 3. The molecular weight excluding hydrogens is 310 g/mol. The maximum Gasteiger partial charge on any atom is 0.247 e. The number of carbonyl (C=O) groups is 1. The highest BCUT2D eigenvalue weighted by molar-refractivity contribution is 6.31. The fraction of sp³-hybridized carbons (Fsp3) is 0.333. The SMILES string of the molecule is Cc1nn(C)c(Cl)c1/C=C/C(=O)N1CCCC1c1ccccc1. The van der Waals surface area contributed by atoms with E-state index in [2.05, 4.69) is 17.2 Å². The van der Waals surface area contributed by atoms with Crippen molar-refractivity contribution in [3.8, 4) is 0 Å². The number of benzene rings is 1. The predicted octanol–water partition coefficient (Wildman–Crippen LogP) is 3.76. The number of halogens is 1. The third kappa shape index (κ3) is 3.17. The maximum absolute atomic E-state index is 12.6. The van der Waals surface area contributed by atoms with Crippen molar-refractivity contribution in [2.24, 2.45) is 7.05 Å². The van der Waals surface area contributed by atoms with Crippen LogP contribution in [0.5, 0.6) is 0 Å². The van der Waals surface area contributed by atoms with E-state index in [0.717, 1.165) is 30.6 Å². The van der Waals surface area contributed by atoms with Crippen LogP contribution in [0.25, 0.3) is 6.08 Å². The first kappa shape index (κ1) is 15.8. The molecule has 0 aliphatic carbocycles. The van der Waals surface area contributed by atoms with Gasteiger partial charge in [-0.15, -0.1) is 0 Å². The molecule has 1 aromatic carbocycles. The fourth-order valence-corrected chi connectivity index (χ4v) is 3.38. The lowest BCUT2D eigenvalue weighted by molar-refractivity contribution is -0.126. The number of hydrogen-bond acceptors (Lipinski definition) is 2. The molecule has 5 heteroatoms. The smallest absolute Gasteiger partial charge is 0.247 e. The Kier molecular flexibility index (Phi) is 4.53. The van der Waals surface area contributed by atoms with Gasteiger partial charge in [0.2, 0.25) is 5.91 Å². The molecule has 120 valence electrons. The largest absolute Gasteiger partial charge is 0.332 e. The monoisotopic (exact) mass is 329 g/mol. The molecule has 1 saturated heterocycles. The van der Waals surface area contributed by atoms with E-state index in [9.17, 15) is 4.79 Å². The van der Waals surface area contributed by atoms with Gasteiger partial charge in [0.1, 0.15) is 5.15 Å². The molecule has 2 aromatic rings. The minimum atomic E-state index is 0.0238. The molecule has 1 fully saturated rings. The van der Waals surface area contributed by atoms with Crippen LogP contribution >= 0.6 is 11.6 Å². The van der Waals surface area contributed by atoms with E-state index in [0.29, 0.717) is 5.15 Å². The van der Waals surface area contributed by atoms with Gasteiger partial charge in [0.15, 0.2) is 0 Å². The van der Waals surface area contributed by atoms with Gasteiger partial charge in [0.05, 0.1) is 11.7 Å². The average Bonchev–Trinajstić information content (AvgIpc) is 3.13. The minimum absolute atomic E-state index is 0.0238. The number of nitrogens with zero attached hydrogens (tertiary/aromatic N) is 3. The Labute approximate surface area is 141 Å². The zero-order chi connectivity index (χ0) is 16.4. The molecular formula is C18H20ClN3O. The third-order valence-electron chi connectivity index (χ3n) is 4.31. The summed E-state index contributed by atoms with van der Waals surface area (Å²) in [4.78, 5) is 14.5. The lowest BCUT2D eigenvalue weighted by atomic mass is 10.0. The third-order valence-corrected chi connectivity index (χ3v) is 4.76. The molecule has 1 atom stereocenters. The number of amides is 1. The van der Waals surface area contributed by atoms with Crippen LogP contribution in [0.15, 0.2) is 36.4 Å². The van der Waals surface area contributed by atoms with Gasteiger partial charge in [-0.05, 0) is 31.4 Å². The molecule has 1 aliphatic heterocycles. The van der Waals surface area contributed by atoms with Crippen molar-refractivity contribution >= 4 is 23.6 Å². The van der Waals surface area contributed by atoms with Gasteiger partial charge in [-0.3, -0.25) is 9.48 Å². The maximum atomic E-state index is 12.6. The summed E-state index contributed by atoms with van der Waals surface area (Å²) in [5.41, 5.74) is 2.82. The van der Waals surface area contributed by atoms with Gasteiger partial charge in [-0.1, -0.05) is 41.9 Å². The van der Waals surface area contributed by atoms with Gasteiger partial charge in [-0.25, -0.2) is 0 Å². The lowest BCUT2D eigenvalue weighted by Crippen LogP contribution is -2.28. The summed E-state index contributed by atoms with van der Waals surface area (Å²) in [7, 11) is 1.79. The summed E-state index contributed by atoms with van der Waals surface area (Å²) in [5.74, 6) is 0.0238. The normalized spacial score (nSPS) is 18.0. The Morgan fingerprint density at radius 1 is 1.35 bits per heavy atom. The van der Waals surface area contributed by atoms with Gasteiger partial charge >= 0.3 is 0 Å². The fourth-order valence-electron chi connectivity index (χ4n) is 3.14. The van der Waals surface area contributed by atoms with Crippen molar-refractivity contribution in [2.75, 3.05) is 6.54 Å². The molecule has 0 saturated carbocycles. The molecule has 1 aromatic heterocycles. The van der Waals surface area contributed by atoms with E-state index < -0.39 is 0 Å². The number of aromatic nitrogens is 2. The van der Waals surface area contributed by atoms with Crippen molar-refractivity contribution in [2.45, 2.75) is 25.8 Å². The van der Waals surface area contributed by atoms with E-state index >= 15 is 0 Å². The number of aryl methyl sites for hydroxylation is 2. The molecule has 0 radical (unpaired) electrons. The highest BCUT2D eigenvalue weighted by Gasteiger charge is 2.28. The van der Waals surface area contributed by atoms with Crippen LogP contribution in [0.4, 0.5) is 0 Å². The van der Waals surface area contributed by atoms with Gasteiger partial charge in [0, 0.05) is 25.2 Å². The summed E-state index contributed by atoms with van der Waals surface area (Å²) in [6, 6.07) is 10.4. The highest BCUT2D eigenvalue weighted by atomic mass is 35.5. The van der Waals surface area contributed by atoms with Crippen LogP contribution in [0, 0.1) is 6.92 Å². The van der Waals surface area contributed by atoms with Crippen LogP contribution in [0.2, 0.25) is 5.15 Å². The van der Waals surface area contributed by atoms with Crippen LogP contribution in [-0.4, -0.2) is 27.1 Å². The Hall–Kier alpha value is -2.07. The lowest BCUT2D eigenvalue weighted by Gasteiger charge is -2.23. The molecule has 1 aliphatic rings. The number of hydrogen-bond donors (Lipinski definition) is 0. The summed E-state index contributed by atoms with van der Waals surface area (Å²) >= 11 is 6.21. The Morgan fingerprint density at radius 2 is 2.09 bits per heavy atom. The molecule has 23 heavy (non-hydrogen) atoms. The average molecular weight is 330 g/mol. The van der Waals surface area contributed by atoms with E-state index in [-0.39, 0.29) is 11.9 Å². The van der Waals surface area contributed by atoms with Gasteiger partial charge < -0.3 is 4.90 Å². The second-order valence-corrected chi connectivity index (χ2v) is 6.21. The first-order valence-corrected chi connectivity index (χ1v) is 8.18. The Balaban J connectivity index is 1.78. The summed E-state index contributed by atoms with van der Waals surface area (Å²) in [6.45, 7) is 2.68. The van der Waals surface area contributed by atoms with E-state index in [1.165, 1.54) is 5.56 Å². The van der Waals surface area contributed by atoms with Crippen molar-refractivity contribution in [3.63, 3.8) is 0 Å². The van der Waals surface area contributed by atoms with Crippen LogP contribution in [-0.2, 0) is 11.8 Å². The second-order valence-electron chi connectivity index (χ2n) is 5.85. The van der Waals surface area contributed by atoms with Gasteiger partial charge in [0.25, 0.3) is 0 Å². The minimum Gasteiger partial charge on any atom is -0.332 e. The Morgan fingerprint density at radius 3 is 2.74 bits per heavy atom. The van der Waals surface area contributed by atoms with Crippen molar-refractivity contribution in [1.82, 2.24) is 14.7 Å². The van der Waals surface area contributed by atoms with Crippen LogP contribution < -0.4 is 0 Å². The Bertz CT molecular complexity index is 736. The summed E-state index contributed by atoms with van der Waals surface area (Å²) in [5, 5.41) is 4.81. The zero-order valence-electron chi connectivity index (χ0n) is 13.4. The van der Waals surface area contributed by atoms with Crippen molar-refractivity contribution < 1.29 is 4.79 Å². The molecule has 2 heterocycles. The van der Waals surface area contributed by atoms with Crippen molar-refractivity contribution in [1.29, 1.82) is 0 Å². The zero-order valence-corrected chi connectivity index (χ0v) is 14.1. The molecule has 1 amide bonds. The van der Waals surface area contributed by atoms with E-state index in [4.69, 9.17) is 11.6 Å². The summed E-state index contributed by atoms with van der Waals surface area (Å²) < 4.78 is 1.61. The first-order chi connectivity index (χ1) is 11.1. The van der Waals surface area contributed by atoms with Crippen LogP contribution in [0.3, 0.4) is 0 Å². The molecule has 0 spiro atoms. The molecule has 0 N–H and O–H groups in total. The molecule has 3 rings (SSSR count). The molecule has 0 bridgehead atoms. The second kappa shape index (κ2) is 6.59. The predicted molar refractivity (Wildman–Crippen MR) is 92.1 cm³/mol. The topological polar surface area (TPSA) is 38.1 Å². The van der Waals surface area contributed by atoms with Crippen molar-refractivity contribution in [3.05, 3.63) is 58.4 Å². The number of carbonyl (C=O) groups excluding carboxylic acids is 1. The molecule has 4 nitrogen and oxygen atoms in total.